The summed E-state index contributed by atoms with van der Waals surface area (Å²) in [5.41, 5.74) is -0.258. The second-order valence-corrected chi connectivity index (χ2v) is 4.42. The third-order valence-corrected chi connectivity index (χ3v) is 2.80. The van der Waals surface area contributed by atoms with Crippen molar-refractivity contribution in [2.24, 2.45) is 0 Å². The van der Waals surface area contributed by atoms with Crippen molar-refractivity contribution in [1.82, 2.24) is 9.97 Å². The Morgan fingerprint density at radius 2 is 1.83 bits per heavy atom. The lowest BCUT2D eigenvalue weighted by molar-refractivity contribution is 0.0830. The van der Waals surface area contributed by atoms with Gasteiger partial charge in [-0.05, 0) is 13.3 Å². The van der Waals surface area contributed by atoms with Gasteiger partial charge in [-0.3, -0.25) is 0 Å². The number of aliphatic hydroxyl groups excluding tert-OH is 3. The lowest BCUT2D eigenvalue weighted by atomic mass is 10.0. The van der Waals surface area contributed by atoms with E-state index in [9.17, 15) is 15.3 Å². The third-order valence-electron chi connectivity index (χ3n) is 2.80. The molecule has 0 unspecified atom stereocenters. The molecule has 18 heavy (non-hydrogen) atoms. The Morgan fingerprint density at radius 3 is 2.33 bits per heavy atom. The summed E-state index contributed by atoms with van der Waals surface area (Å²) in [7, 11) is 0. The maximum atomic E-state index is 9.30. The molecule has 102 valence electrons. The number of anilines is 1. The van der Waals surface area contributed by atoms with E-state index in [-0.39, 0.29) is 19.8 Å². The standard InChI is InChI=1S/C12H21N3O3/c1-3-4-10-5-13-9(2)14-11(10)15-12(6-16,7-17)8-18/h5,16-18H,3-4,6-8H2,1-2H3,(H,13,14,15). The van der Waals surface area contributed by atoms with Gasteiger partial charge in [0.25, 0.3) is 0 Å². The molecule has 0 saturated heterocycles. The average Bonchev–Trinajstić information content (AvgIpc) is 2.39. The Bertz CT molecular complexity index is 373. The van der Waals surface area contributed by atoms with Crippen molar-refractivity contribution in [3.8, 4) is 0 Å². The van der Waals surface area contributed by atoms with Crippen molar-refractivity contribution in [3.63, 3.8) is 0 Å². The molecule has 0 aliphatic rings. The summed E-state index contributed by atoms with van der Waals surface area (Å²) in [6.45, 7) is 2.66. The molecule has 1 aromatic heterocycles. The topological polar surface area (TPSA) is 98.5 Å². The molecule has 0 atom stereocenters. The minimum atomic E-state index is -1.16. The number of nitrogens with zero attached hydrogens (tertiary/aromatic N) is 2. The molecule has 0 aliphatic carbocycles. The number of hydrogen-bond donors (Lipinski definition) is 4. The molecule has 0 amide bonds. The van der Waals surface area contributed by atoms with Crippen LogP contribution in [0.1, 0.15) is 24.7 Å². The molecule has 1 aromatic rings. The van der Waals surface area contributed by atoms with Crippen molar-refractivity contribution in [2.75, 3.05) is 25.1 Å². The van der Waals surface area contributed by atoms with Gasteiger partial charge in [-0.1, -0.05) is 13.3 Å². The van der Waals surface area contributed by atoms with Gasteiger partial charge in [-0.25, -0.2) is 9.97 Å². The van der Waals surface area contributed by atoms with Crippen LogP contribution in [0.25, 0.3) is 0 Å². The monoisotopic (exact) mass is 255 g/mol. The highest BCUT2D eigenvalue weighted by atomic mass is 16.3. The molecule has 0 radical (unpaired) electrons. The summed E-state index contributed by atoms with van der Waals surface area (Å²) in [6.07, 6.45) is 3.46. The van der Waals surface area contributed by atoms with Gasteiger partial charge in [-0.2, -0.15) is 0 Å². The molecular weight excluding hydrogens is 234 g/mol. The first-order valence-corrected chi connectivity index (χ1v) is 6.04. The van der Waals surface area contributed by atoms with Crippen LogP contribution in [0.2, 0.25) is 0 Å². The molecule has 0 aliphatic heterocycles. The zero-order valence-electron chi connectivity index (χ0n) is 10.8. The molecule has 1 rings (SSSR count). The molecule has 6 heteroatoms. The molecule has 4 N–H and O–H groups in total. The number of rotatable bonds is 7. The lowest BCUT2D eigenvalue weighted by Crippen LogP contribution is -2.49. The maximum absolute atomic E-state index is 9.30. The Kier molecular flexibility index (Phi) is 5.46. The van der Waals surface area contributed by atoms with Gasteiger partial charge in [0, 0.05) is 11.8 Å². The first-order chi connectivity index (χ1) is 8.60. The number of aryl methyl sites for hydroxylation is 2. The summed E-state index contributed by atoms with van der Waals surface area (Å²) in [6, 6.07) is 0. The summed E-state index contributed by atoms with van der Waals surface area (Å²) >= 11 is 0. The number of hydrogen-bond acceptors (Lipinski definition) is 6. The molecular formula is C12H21N3O3. The van der Waals surface area contributed by atoms with Crippen molar-refractivity contribution >= 4 is 5.82 Å². The fourth-order valence-corrected chi connectivity index (χ4v) is 1.58. The van der Waals surface area contributed by atoms with E-state index in [1.165, 1.54) is 0 Å². The van der Waals surface area contributed by atoms with Crippen LogP contribution in [0.15, 0.2) is 6.20 Å². The molecule has 0 saturated carbocycles. The Labute approximate surface area is 107 Å². The average molecular weight is 255 g/mol. The maximum Gasteiger partial charge on any atom is 0.133 e. The van der Waals surface area contributed by atoms with Crippen LogP contribution in [0, 0.1) is 6.92 Å². The zero-order chi connectivity index (χ0) is 13.6. The SMILES string of the molecule is CCCc1cnc(C)nc1NC(CO)(CO)CO. The minimum absolute atomic E-state index is 0.380. The predicted molar refractivity (Wildman–Crippen MR) is 68.4 cm³/mol. The Morgan fingerprint density at radius 1 is 1.22 bits per heavy atom. The van der Waals surface area contributed by atoms with E-state index in [0.717, 1.165) is 18.4 Å². The molecule has 0 spiro atoms. The summed E-state index contributed by atoms with van der Waals surface area (Å²) < 4.78 is 0. The van der Waals surface area contributed by atoms with Crippen LogP contribution in [-0.2, 0) is 6.42 Å². The normalized spacial score (nSPS) is 11.6. The summed E-state index contributed by atoms with van der Waals surface area (Å²) in [5, 5.41) is 30.8. The Balaban J connectivity index is 3.03. The van der Waals surface area contributed by atoms with Gasteiger partial charge in [0.1, 0.15) is 17.2 Å². The van der Waals surface area contributed by atoms with Gasteiger partial charge >= 0.3 is 0 Å². The van der Waals surface area contributed by atoms with Crippen LogP contribution < -0.4 is 5.32 Å². The third kappa shape index (κ3) is 3.38. The first kappa shape index (κ1) is 14.8. The number of aliphatic hydroxyl groups is 3. The van der Waals surface area contributed by atoms with Crippen LogP contribution in [0.3, 0.4) is 0 Å². The van der Waals surface area contributed by atoms with Crippen molar-refractivity contribution < 1.29 is 15.3 Å². The molecule has 0 fully saturated rings. The molecule has 6 nitrogen and oxygen atoms in total. The van der Waals surface area contributed by atoms with Crippen LogP contribution in [-0.4, -0.2) is 50.6 Å². The van der Waals surface area contributed by atoms with E-state index in [1.54, 1.807) is 13.1 Å². The van der Waals surface area contributed by atoms with Gasteiger partial charge in [0.05, 0.1) is 19.8 Å². The van der Waals surface area contributed by atoms with E-state index in [4.69, 9.17) is 0 Å². The smallest absolute Gasteiger partial charge is 0.133 e. The van der Waals surface area contributed by atoms with Crippen molar-refractivity contribution in [3.05, 3.63) is 17.6 Å². The molecule has 1 heterocycles. The van der Waals surface area contributed by atoms with Gasteiger partial charge in [0.2, 0.25) is 0 Å². The quantitative estimate of drug-likeness (QED) is 0.541. The van der Waals surface area contributed by atoms with E-state index >= 15 is 0 Å². The number of aromatic nitrogens is 2. The second-order valence-electron chi connectivity index (χ2n) is 4.42. The van der Waals surface area contributed by atoms with E-state index < -0.39 is 5.54 Å². The molecule has 0 aromatic carbocycles. The minimum Gasteiger partial charge on any atom is -0.394 e. The summed E-state index contributed by atoms with van der Waals surface area (Å²) in [4.78, 5) is 8.39. The highest BCUT2D eigenvalue weighted by Gasteiger charge is 2.29. The lowest BCUT2D eigenvalue weighted by Gasteiger charge is -2.30. The van der Waals surface area contributed by atoms with Crippen LogP contribution >= 0.6 is 0 Å². The zero-order valence-corrected chi connectivity index (χ0v) is 10.8. The van der Waals surface area contributed by atoms with Gasteiger partial charge in [-0.15, -0.1) is 0 Å². The fraction of sp³-hybridized carbons (Fsp3) is 0.667. The Hall–Kier alpha value is -1.24. The predicted octanol–water partition coefficient (Wildman–Crippen LogP) is -0.135. The molecule has 0 bridgehead atoms. The highest BCUT2D eigenvalue weighted by molar-refractivity contribution is 5.45. The summed E-state index contributed by atoms with van der Waals surface area (Å²) in [5.74, 6) is 1.15. The fourth-order valence-electron chi connectivity index (χ4n) is 1.58. The first-order valence-electron chi connectivity index (χ1n) is 6.04. The van der Waals surface area contributed by atoms with Crippen LogP contribution in [0.5, 0.6) is 0 Å². The van der Waals surface area contributed by atoms with Gasteiger partial charge in [0.15, 0.2) is 0 Å². The largest absolute Gasteiger partial charge is 0.394 e. The van der Waals surface area contributed by atoms with Crippen LogP contribution in [0.4, 0.5) is 5.82 Å². The van der Waals surface area contributed by atoms with E-state index in [2.05, 4.69) is 15.3 Å². The van der Waals surface area contributed by atoms with E-state index in [0.29, 0.717) is 11.6 Å². The van der Waals surface area contributed by atoms with Crippen molar-refractivity contribution in [2.45, 2.75) is 32.2 Å². The van der Waals surface area contributed by atoms with Crippen molar-refractivity contribution in [1.29, 1.82) is 0 Å². The van der Waals surface area contributed by atoms with Gasteiger partial charge < -0.3 is 20.6 Å². The van der Waals surface area contributed by atoms with E-state index in [1.807, 2.05) is 6.92 Å². The number of nitrogens with one attached hydrogen (secondary N) is 1. The second kappa shape index (κ2) is 6.63. The highest BCUT2D eigenvalue weighted by Crippen LogP contribution is 2.18.